The second kappa shape index (κ2) is 13.7. The maximum atomic E-state index is 11.6. The summed E-state index contributed by atoms with van der Waals surface area (Å²) in [5, 5.41) is 8.72. The first-order valence-corrected chi connectivity index (χ1v) is 9.72. The molecule has 0 atom stereocenters. The zero-order chi connectivity index (χ0) is 23.2. The number of hydrogen-bond acceptors (Lipinski definition) is 5. The van der Waals surface area contributed by atoms with E-state index in [-0.39, 0.29) is 11.3 Å². The summed E-state index contributed by atoms with van der Waals surface area (Å²) in [6.45, 7) is 13.5. The molecule has 30 heavy (non-hydrogen) atoms. The Morgan fingerprint density at radius 3 is 2.13 bits per heavy atom. The van der Waals surface area contributed by atoms with Crippen LogP contribution in [0.1, 0.15) is 54.2 Å². The summed E-state index contributed by atoms with van der Waals surface area (Å²) < 4.78 is 5.01. The van der Waals surface area contributed by atoms with Gasteiger partial charge in [-0.1, -0.05) is 64.1 Å². The van der Waals surface area contributed by atoms with Gasteiger partial charge in [0.25, 0.3) is 5.91 Å². The van der Waals surface area contributed by atoms with Crippen molar-refractivity contribution < 1.29 is 14.1 Å². The van der Waals surface area contributed by atoms with Crippen LogP contribution in [0.3, 0.4) is 0 Å². The number of carbonyl (C=O) groups excluding carboxylic acids is 2. The summed E-state index contributed by atoms with van der Waals surface area (Å²) in [4.78, 5) is 26.1. The van der Waals surface area contributed by atoms with Crippen LogP contribution in [-0.2, 0) is 10.2 Å². The third-order valence-electron chi connectivity index (χ3n) is 3.31. The molecule has 0 aliphatic rings. The average Bonchev–Trinajstić information content (AvgIpc) is 3.17. The van der Waals surface area contributed by atoms with Crippen molar-refractivity contribution >= 4 is 29.7 Å². The summed E-state index contributed by atoms with van der Waals surface area (Å²) in [7, 11) is 0. The average molecular weight is 416 g/mol. The summed E-state index contributed by atoms with van der Waals surface area (Å²) in [6.07, 6.45) is 3.28. The van der Waals surface area contributed by atoms with Gasteiger partial charge in [-0.15, -0.1) is 0 Å². The largest absolute Gasteiger partial charge is 0.359 e. The maximum Gasteiger partial charge on any atom is 0.317 e. The molecule has 0 saturated carbocycles. The molecule has 4 N–H and O–H groups in total. The van der Waals surface area contributed by atoms with Gasteiger partial charge in [-0.05, 0) is 26.0 Å². The first-order valence-electron chi connectivity index (χ1n) is 9.72. The first kappa shape index (κ1) is 26.6. The van der Waals surface area contributed by atoms with Crippen molar-refractivity contribution in [2.75, 3.05) is 10.6 Å². The molecule has 1 aromatic heterocycles. The third kappa shape index (κ3) is 10.2. The minimum atomic E-state index is -0.645. The minimum absolute atomic E-state index is 0.120. The second-order valence-corrected chi connectivity index (χ2v) is 6.70. The highest BCUT2D eigenvalue weighted by atomic mass is 16.5. The van der Waals surface area contributed by atoms with Gasteiger partial charge in [0.15, 0.2) is 5.82 Å². The Morgan fingerprint density at radius 2 is 1.70 bits per heavy atom. The number of urea groups is 1. The van der Waals surface area contributed by atoms with Gasteiger partial charge in [-0.3, -0.25) is 15.1 Å². The van der Waals surface area contributed by atoms with Gasteiger partial charge in [-0.2, -0.15) is 0 Å². The summed E-state index contributed by atoms with van der Waals surface area (Å²) in [5.41, 5.74) is 5.98. The number of aromatic nitrogens is 1. The quantitative estimate of drug-likeness (QED) is 0.474. The molecule has 2 rings (SSSR count). The number of nitrogens with two attached hydrogens (primary N) is 1. The van der Waals surface area contributed by atoms with E-state index >= 15 is 0 Å². The Morgan fingerprint density at radius 1 is 1.10 bits per heavy atom. The smallest absolute Gasteiger partial charge is 0.317 e. The van der Waals surface area contributed by atoms with E-state index < -0.39 is 6.03 Å². The van der Waals surface area contributed by atoms with E-state index in [9.17, 15) is 9.59 Å². The van der Waals surface area contributed by atoms with E-state index in [2.05, 4.69) is 20.8 Å². The highest BCUT2D eigenvalue weighted by Gasteiger charge is 2.19. The third-order valence-corrected chi connectivity index (χ3v) is 3.31. The van der Waals surface area contributed by atoms with Crippen LogP contribution in [0.15, 0.2) is 57.7 Å². The Labute approximate surface area is 178 Å². The van der Waals surface area contributed by atoms with Crippen LogP contribution in [0.25, 0.3) is 0 Å². The van der Waals surface area contributed by atoms with Gasteiger partial charge < -0.3 is 15.6 Å². The Bertz CT molecular complexity index is 834. The number of carbonyl (C=O) groups is 2. The molecule has 0 spiro atoms. The molecular formula is C22H33N5O3. The van der Waals surface area contributed by atoms with Crippen molar-refractivity contribution in [3.63, 3.8) is 0 Å². The number of nitrogens with one attached hydrogen (secondary N) is 2. The van der Waals surface area contributed by atoms with Crippen molar-refractivity contribution in [2.45, 2.75) is 53.9 Å². The van der Waals surface area contributed by atoms with Gasteiger partial charge in [0.05, 0.1) is 0 Å². The fourth-order valence-electron chi connectivity index (χ4n) is 1.93. The molecular weight excluding hydrogens is 382 g/mol. The molecule has 0 radical (unpaired) electrons. The van der Waals surface area contributed by atoms with E-state index in [4.69, 9.17) is 10.3 Å². The molecule has 0 aliphatic heterocycles. The summed E-state index contributed by atoms with van der Waals surface area (Å²) in [6, 6.07) is 10.3. The monoisotopic (exact) mass is 415 g/mol. The van der Waals surface area contributed by atoms with Crippen LogP contribution in [0, 0.1) is 0 Å². The lowest BCUT2D eigenvalue weighted by atomic mass is 9.93. The maximum absolute atomic E-state index is 11.6. The number of aliphatic imine (C=N–C) groups is 1. The van der Waals surface area contributed by atoms with E-state index in [0.717, 1.165) is 5.69 Å². The predicted octanol–water partition coefficient (Wildman–Crippen LogP) is 5.11. The molecule has 0 unspecified atom stereocenters. The summed E-state index contributed by atoms with van der Waals surface area (Å²) in [5.74, 6) is 0.857. The molecule has 0 bridgehead atoms. The molecule has 1 heterocycles. The van der Waals surface area contributed by atoms with Crippen molar-refractivity contribution in [2.24, 2.45) is 10.7 Å². The molecule has 8 nitrogen and oxygen atoms in total. The Balaban J connectivity index is 0.000000522. The highest BCUT2D eigenvalue weighted by Crippen LogP contribution is 2.24. The molecule has 164 valence electrons. The molecule has 0 saturated heterocycles. The normalized spacial score (nSPS) is 11.0. The Kier molecular flexibility index (Phi) is 12.1. The fourth-order valence-corrected chi connectivity index (χ4v) is 1.93. The van der Waals surface area contributed by atoms with Crippen LogP contribution in [-0.4, -0.2) is 23.3 Å². The van der Waals surface area contributed by atoms with Crippen LogP contribution >= 0.6 is 0 Å². The Hall–Kier alpha value is -3.42. The number of anilines is 2. The van der Waals surface area contributed by atoms with Gasteiger partial charge in [0.2, 0.25) is 0 Å². The molecule has 0 fully saturated rings. The van der Waals surface area contributed by atoms with E-state index in [1.54, 1.807) is 32.2 Å². The van der Waals surface area contributed by atoms with Crippen LogP contribution < -0.4 is 16.4 Å². The van der Waals surface area contributed by atoms with Crippen molar-refractivity contribution in [3.05, 3.63) is 53.9 Å². The van der Waals surface area contributed by atoms with Gasteiger partial charge >= 0.3 is 6.03 Å². The predicted molar refractivity (Wildman–Crippen MR) is 123 cm³/mol. The number of allylic oxidation sites excluding steroid dienone is 1. The number of rotatable bonds is 4. The van der Waals surface area contributed by atoms with Crippen molar-refractivity contribution in [1.29, 1.82) is 0 Å². The number of amides is 3. The van der Waals surface area contributed by atoms with Crippen molar-refractivity contribution in [3.8, 4) is 0 Å². The van der Waals surface area contributed by atoms with E-state index in [1.807, 2.05) is 65.0 Å². The first-order chi connectivity index (χ1) is 14.2. The number of primary amides is 1. The zero-order valence-electron chi connectivity index (χ0n) is 18.8. The standard InChI is InChI=1S/C12H14N2O.C8H13N3O2.C2H6/c1-3-11(13-4-2)12(15)14-10-8-6-5-7-9-10;1-8(2,3)5-4-6(11-13-5)10-7(9)12;1-2/h3-9H,1-2H3,(H,14,15);4H,1-3H3,(H3,9,10,11,12);1-2H3/b11-3-,13-4?;;. The lowest BCUT2D eigenvalue weighted by molar-refractivity contribution is -0.112. The molecule has 2 aromatic rings. The van der Waals surface area contributed by atoms with Gasteiger partial charge in [0.1, 0.15) is 11.5 Å². The summed E-state index contributed by atoms with van der Waals surface area (Å²) >= 11 is 0. The molecule has 0 aliphatic carbocycles. The van der Waals surface area contributed by atoms with Gasteiger partial charge in [-0.25, -0.2) is 4.79 Å². The second-order valence-electron chi connectivity index (χ2n) is 6.70. The number of benzene rings is 1. The molecule has 3 amide bonds. The number of hydrogen-bond donors (Lipinski definition) is 3. The highest BCUT2D eigenvalue weighted by molar-refractivity contribution is 6.04. The van der Waals surface area contributed by atoms with Gasteiger partial charge in [0, 0.05) is 23.4 Å². The number of para-hydroxylation sites is 1. The lowest BCUT2D eigenvalue weighted by Crippen LogP contribution is -2.19. The molecule has 1 aromatic carbocycles. The van der Waals surface area contributed by atoms with Crippen molar-refractivity contribution in [1.82, 2.24) is 5.16 Å². The number of nitrogens with zero attached hydrogens (tertiary/aromatic N) is 2. The fraction of sp³-hybridized carbons (Fsp3) is 0.364. The van der Waals surface area contributed by atoms with Crippen LogP contribution in [0.4, 0.5) is 16.3 Å². The van der Waals surface area contributed by atoms with E-state index in [1.165, 1.54) is 0 Å². The topological polar surface area (TPSA) is 123 Å². The SMILES string of the molecule is CC.CC(C)(C)c1cc(NC(N)=O)no1.CC=N/C(=C\C)C(=O)Nc1ccccc1. The van der Waals surface area contributed by atoms with Crippen LogP contribution in [0.2, 0.25) is 0 Å². The molecule has 8 heteroatoms. The zero-order valence-corrected chi connectivity index (χ0v) is 18.8. The lowest BCUT2D eigenvalue weighted by Gasteiger charge is -2.11. The minimum Gasteiger partial charge on any atom is -0.359 e. The van der Waals surface area contributed by atoms with Crippen LogP contribution in [0.5, 0.6) is 0 Å². The van der Waals surface area contributed by atoms with E-state index in [0.29, 0.717) is 17.3 Å².